The number of fused-ring (bicyclic) bond motifs is 1. The first-order chi connectivity index (χ1) is 11.4. The fraction of sp³-hybridized carbons (Fsp3) is 0.529. The van der Waals surface area contributed by atoms with Gasteiger partial charge in [0.25, 0.3) is 5.91 Å². The summed E-state index contributed by atoms with van der Waals surface area (Å²) in [6.07, 6.45) is 0.923. The molecular weight excluding hydrogens is 319 g/mol. The molecule has 4 rings (SSSR count). The summed E-state index contributed by atoms with van der Waals surface area (Å²) in [5, 5.41) is 0. The van der Waals surface area contributed by atoms with E-state index in [0.29, 0.717) is 23.9 Å². The minimum Gasteiger partial charge on any atom is -0.359 e. The number of halogens is 3. The van der Waals surface area contributed by atoms with Crippen molar-refractivity contribution in [1.82, 2.24) is 14.9 Å². The third-order valence-corrected chi connectivity index (χ3v) is 5.63. The van der Waals surface area contributed by atoms with E-state index in [1.165, 1.54) is 0 Å². The number of H-pyrrole nitrogens is 1. The van der Waals surface area contributed by atoms with Gasteiger partial charge in [0.2, 0.25) is 0 Å². The predicted molar refractivity (Wildman–Crippen MR) is 82.4 cm³/mol. The Bertz CT molecular complexity index is 779. The monoisotopic (exact) mass is 337 g/mol. The highest BCUT2D eigenvalue weighted by atomic mass is 19.4. The Morgan fingerprint density at radius 2 is 2.17 bits per heavy atom. The number of hydrogen-bond donors (Lipinski definition) is 1. The molecule has 1 aliphatic carbocycles. The number of aromatic amines is 1. The van der Waals surface area contributed by atoms with Crippen LogP contribution in [0.1, 0.15) is 36.0 Å². The van der Waals surface area contributed by atoms with Gasteiger partial charge in [-0.1, -0.05) is 6.42 Å². The fourth-order valence-corrected chi connectivity index (χ4v) is 4.27. The van der Waals surface area contributed by atoms with E-state index in [2.05, 4.69) is 9.97 Å². The van der Waals surface area contributed by atoms with Crippen LogP contribution in [-0.2, 0) is 0 Å². The average molecular weight is 337 g/mol. The van der Waals surface area contributed by atoms with Gasteiger partial charge in [-0.2, -0.15) is 13.2 Å². The number of carbonyl (C=O) groups excluding carboxylic acids is 1. The van der Waals surface area contributed by atoms with Crippen LogP contribution >= 0.6 is 0 Å². The molecule has 0 aromatic carbocycles. The SMILES string of the molecule is O=C(c1c[nH]c2cccnc12)N1CCC(C(F)(F)F)C2(CCC2)C1. The molecule has 1 N–H and O–H groups in total. The first-order valence-electron chi connectivity index (χ1n) is 8.19. The number of nitrogens with one attached hydrogen (secondary N) is 1. The second kappa shape index (κ2) is 5.22. The number of aromatic nitrogens is 2. The molecule has 1 spiro atoms. The molecule has 1 saturated carbocycles. The molecule has 2 aromatic rings. The van der Waals surface area contributed by atoms with Gasteiger partial charge in [0.05, 0.1) is 17.0 Å². The van der Waals surface area contributed by atoms with Crippen molar-refractivity contribution in [1.29, 1.82) is 0 Å². The Balaban J connectivity index is 1.61. The zero-order valence-corrected chi connectivity index (χ0v) is 13.1. The van der Waals surface area contributed by atoms with Gasteiger partial charge in [-0.3, -0.25) is 9.78 Å². The number of piperidine rings is 1. The molecule has 1 atom stereocenters. The van der Waals surface area contributed by atoms with E-state index in [1.54, 1.807) is 23.4 Å². The number of likely N-dealkylation sites (tertiary alicyclic amines) is 1. The molecule has 24 heavy (non-hydrogen) atoms. The maximum Gasteiger partial charge on any atom is 0.392 e. The van der Waals surface area contributed by atoms with Gasteiger partial charge in [0.15, 0.2) is 0 Å². The number of hydrogen-bond acceptors (Lipinski definition) is 2. The van der Waals surface area contributed by atoms with Crippen LogP contribution in [-0.4, -0.2) is 40.0 Å². The second-order valence-electron chi connectivity index (χ2n) is 6.93. The third-order valence-electron chi connectivity index (χ3n) is 5.63. The minimum atomic E-state index is -4.18. The topological polar surface area (TPSA) is 49.0 Å². The van der Waals surface area contributed by atoms with Gasteiger partial charge in [-0.05, 0) is 36.8 Å². The number of pyridine rings is 1. The van der Waals surface area contributed by atoms with Crippen molar-refractivity contribution in [2.75, 3.05) is 13.1 Å². The number of alkyl halides is 3. The van der Waals surface area contributed by atoms with Crippen LogP contribution in [0.4, 0.5) is 13.2 Å². The first kappa shape index (κ1) is 15.5. The van der Waals surface area contributed by atoms with Crippen LogP contribution in [0, 0.1) is 11.3 Å². The van der Waals surface area contributed by atoms with Gasteiger partial charge in [-0.25, -0.2) is 0 Å². The Hall–Kier alpha value is -2.05. The molecule has 128 valence electrons. The largest absolute Gasteiger partial charge is 0.392 e. The maximum atomic E-state index is 13.3. The van der Waals surface area contributed by atoms with Crippen molar-refractivity contribution in [3.05, 3.63) is 30.1 Å². The molecule has 1 aliphatic heterocycles. The quantitative estimate of drug-likeness (QED) is 0.861. The Kier molecular flexibility index (Phi) is 3.37. The zero-order valence-electron chi connectivity index (χ0n) is 13.1. The highest BCUT2D eigenvalue weighted by Gasteiger charge is 2.58. The summed E-state index contributed by atoms with van der Waals surface area (Å²) in [7, 11) is 0. The number of amides is 1. The van der Waals surface area contributed by atoms with Crippen LogP contribution in [0.15, 0.2) is 24.5 Å². The highest BCUT2D eigenvalue weighted by Crippen LogP contribution is 2.56. The molecule has 1 amide bonds. The number of rotatable bonds is 1. The van der Waals surface area contributed by atoms with Crippen molar-refractivity contribution >= 4 is 16.9 Å². The summed E-state index contributed by atoms with van der Waals surface area (Å²) < 4.78 is 40.0. The van der Waals surface area contributed by atoms with Crippen molar-refractivity contribution in [2.24, 2.45) is 11.3 Å². The van der Waals surface area contributed by atoms with Gasteiger partial charge < -0.3 is 9.88 Å². The van der Waals surface area contributed by atoms with Crippen LogP contribution in [0.25, 0.3) is 11.0 Å². The zero-order chi connectivity index (χ0) is 16.9. The molecule has 0 radical (unpaired) electrons. The summed E-state index contributed by atoms with van der Waals surface area (Å²) in [5.74, 6) is -1.52. The van der Waals surface area contributed by atoms with Crippen LogP contribution in [0.5, 0.6) is 0 Å². The minimum absolute atomic E-state index is 0.00890. The average Bonchev–Trinajstić information content (AvgIpc) is 2.95. The highest BCUT2D eigenvalue weighted by molar-refractivity contribution is 6.05. The molecule has 2 aliphatic rings. The molecule has 0 bridgehead atoms. The number of nitrogens with zero attached hydrogens (tertiary/aromatic N) is 2. The fourth-order valence-electron chi connectivity index (χ4n) is 4.27. The van der Waals surface area contributed by atoms with E-state index in [4.69, 9.17) is 0 Å². The standard InChI is InChI=1S/C17H18F3N3O/c18-17(19,20)13-4-8-23(10-16(13)5-2-6-16)15(24)11-9-22-12-3-1-7-21-14(11)12/h1,3,7,9,13,22H,2,4-6,8,10H2. The normalized spacial score (nSPS) is 23.5. The Labute approximate surface area is 137 Å². The van der Waals surface area contributed by atoms with E-state index < -0.39 is 17.5 Å². The van der Waals surface area contributed by atoms with Crippen molar-refractivity contribution in [2.45, 2.75) is 31.9 Å². The molecule has 7 heteroatoms. The second-order valence-corrected chi connectivity index (χ2v) is 6.93. The van der Waals surface area contributed by atoms with E-state index in [-0.39, 0.29) is 25.4 Å². The lowest BCUT2D eigenvalue weighted by Gasteiger charge is -2.54. The lowest BCUT2D eigenvalue weighted by Crippen LogP contribution is -2.57. The van der Waals surface area contributed by atoms with Gasteiger partial charge in [-0.15, -0.1) is 0 Å². The molecule has 1 saturated heterocycles. The van der Waals surface area contributed by atoms with E-state index in [1.807, 2.05) is 6.07 Å². The van der Waals surface area contributed by atoms with Gasteiger partial charge >= 0.3 is 6.18 Å². The lowest BCUT2D eigenvalue weighted by molar-refractivity contribution is -0.235. The van der Waals surface area contributed by atoms with Crippen molar-refractivity contribution in [3.8, 4) is 0 Å². The Morgan fingerprint density at radius 1 is 1.38 bits per heavy atom. The van der Waals surface area contributed by atoms with Crippen molar-refractivity contribution < 1.29 is 18.0 Å². The summed E-state index contributed by atoms with van der Waals surface area (Å²) in [5.41, 5.74) is 0.976. The third kappa shape index (κ3) is 2.29. The molecule has 1 unspecified atom stereocenters. The summed E-state index contributed by atoms with van der Waals surface area (Å²) in [6, 6.07) is 3.59. The maximum absolute atomic E-state index is 13.3. The van der Waals surface area contributed by atoms with E-state index in [9.17, 15) is 18.0 Å². The molecule has 2 fully saturated rings. The van der Waals surface area contributed by atoms with Crippen molar-refractivity contribution in [3.63, 3.8) is 0 Å². The first-order valence-corrected chi connectivity index (χ1v) is 8.19. The van der Waals surface area contributed by atoms with E-state index >= 15 is 0 Å². The van der Waals surface area contributed by atoms with Gasteiger partial charge in [0.1, 0.15) is 5.52 Å². The summed E-state index contributed by atoms with van der Waals surface area (Å²) in [6.45, 7) is 0.333. The smallest absolute Gasteiger partial charge is 0.359 e. The molecular formula is C17H18F3N3O. The molecule has 2 aromatic heterocycles. The van der Waals surface area contributed by atoms with Crippen LogP contribution in [0.3, 0.4) is 0 Å². The van der Waals surface area contributed by atoms with Crippen LogP contribution < -0.4 is 0 Å². The molecule has 4 nitrogen and oxygen atoms in total. The molecule has 3 heterocycles. The van der Waals surface area contributed by atoms with E-state index in [0.717, 1.165) is 11.9 Å². The summed E-state index contributed by atoms with van der Waals surface area (Å²) in [4.78, 5) is 21.6. The summed E-state index contributed by atoms with van der Waals surface area (Å²) >= 11 is 0. The lowest BCUT2D eigenvalue weighted by atomic mass is 9.58. The Morgan fingerprint density at radius 3 is 2.83 bits per heavy atom. The number of carbonyl (C=O) groups is 1. The van der Waals surface area contributed by atoms with Crippen LogP contribution in [0.2, 0.25) is 0 Å². The van der Waals surface area contributed by atoms with Gasteiger partial charge in [0, 0.05) is 25.5 Å². The predicted octanol–water partition coefficient (Wildman–Crippen LogP) is 3.76.